The van der Waals surface area contributed by atoms with Crippen molar-refractivity contribution in [2.24, 2.45) is 17.6 Å². The summed E-state index contributed by atoms with van der Waals surface area (Å²) in [5.74, 6) is 1.42. The van der Waals surface area contributed by atoms with Crippen molar-refractivity contribution in [2.75, 3.05) is 0 Å². The molecule has 2 fully saturated rings. The van der Waals surface area contributed by atoms with E-state index in [-0.39, 0.29) is 42.4 Å². The van der Waals surface area contributed by atoms with Crippen molar-refractivity contribution in [2.45, 2.75) is 57.5 Å². The van der Waals surface area contributed by atoms with Gasteiger partial charge >= 0.3 is 0 Å². The van der Waals surface area contributed by atoms with Gasteiger partial charge in [-0.25, -0.2) is 15.0 Å². The molecule has 4 N–H and O–H groups in total. The lowest BCUT2D eigenvalue weighted by molar-refractivity contribution is -0.122. The Morgan fingerprint density at radius 2 is 1.90 bits per heavy atom. The molecule has 2 saturated carbocycles. The van der Waals surface area contributed by atoms with Crippen LogP contribution in [-0.2, 0) is 11.2 Å². The third-order valence-electron chi connectivity index (χ3n) is 6.04. The highest BCUT2D eigenvalue weighted by atomic mass is 35.5. The molecule has 156 valence electrons. The number of rotatable bonds is 4. The van der Waals surface area contributed by atoms with Gasteiger partial charge in [-0.15, -0.1) is 12.4 Å². The van der Waals surface area contributed by atoms with Gasteiger partial charge in [0.1, 0.15) is 0 Å². The number of nitrogens with one attached hydrogen (secondary N) is 2. The standard InChI is InChI=1S/C20H26N6O2.ClH/c1-11-15(20(28)26-19(24-11)18-22-6-3-7-23-18)10-16(27)25-17-12-4-2-5-13(17)9-14(21)8-12;/h3,6-7,12-14,17H,2,4-5,8-10,21H2,1H3,(H,25,27)(H,24,26,28);1H. The second-order valence-corrected chi connectivity index (χ2v) is 8.00. The molecule has 0 aliphatic heterocycles. The van der Waals surface area contributed by atoms with Gasteiger partial charge in [0, 0.05) is 35.7 Å². The van der Waals surface area contributed by atoms with Crippen molar-refractivity contribution in [1.29, 1.82) is 0 Å². The Kier molecular flexibility index (Phi) is 6.64. The molecule has 0 radical (unpaired) electrons. The fourth-order valence-electron chi connectivity index (χ4n) is 4.77. The van der Waals surface area contributed by atoms with Crippen LogP contribution in [0.4, 0.5) is 0 Å². The molecule has 2 unspecified atom stereocenters. The van der Waals surface area contributed by atoms with Crippen LogP contribution in [0.3, 0.4) is 0 Å². The summed E-state index contributed by atoms with van der Waals surface area (Å²) in [7, 11) is 0. The first-order valence-electron chi connectivity index (χ1n) is 9.93. The molecule has 1 amide bonds. The fraction of sp³-hybridized carbons (Fsp3) is 0.550. The molecule has 29 heavy (non-hydrogen) atoms. The number of carbonyl (C=O) groups is 1. The van der Waals surface area contributed by atoms with Gasteiger partial charge in [0.15, 0.2) is 11.6 Å². The molecule has 2 heterocycles. The van der Waals surface area contributed by atoms with E-state index in [0.717, 1.165) is 25.7 Å². The molecule has 0 aromatic carbocycles. The number of aryl methyl sites for hydroxylation is 1. The van der Waals surface area contributed by atoms with Crippen LogP contribution in [0.15, 0.2) is 23.3 Å². The van der Waals surface area contributed by atoms with Gasteiger partial charge in [-0.05, 0) is 50.5 Å². The molecule has 0 spiro atoms. The number of fused-ring (bicyclic) bond motifs is 2. The van der Waals surface area contributed by atoms with Crippen molar-refractivity contribution in [3.05, 3.63) is 40.1 Å². The molecule has 9 heteroatoms. The normalized spacial score (nSPS) is 25.7. The van der Waals surface area contributed by atoms with Gasteiger partial charge in [0.2, 0.25) is 5.91 Å². The largest absolute Gasteiger partial charge is 0.353 e. The zero-order valence-corrected chi connectivity index (χ0v) is 17.2. The summed E-state index contributed by atoms with van der Waals surface area (Å²) < 4.78 is 0. The minimum Gasteiger partial charge on any atom is -0.353 e. The lowest BCUT2D eigenvalue weighted by Crippen LogP contribution is -2.54. The molecule has 2 bridgehead atoms. The first-order chi connectivity index (χ1) is 13.5. The highest BCUT2D eigenvalue weighted by Crippen LogP contribution is 2.39. The van der Waals surface area contributed by atoms with Crippen molar-refractivity contribution < 1.29 is 4.79 Å². The summed E-state index contributed by atoms with van der Waals surface area (Å²) in [6.07, 6.45) is 8.57. The molecule has 4 rings (SSSR count). The molecule has 8 nitrogen and oxygen atoms in total. The van der Waals surface area contributed by atoms with E-state index in [1.807, 2.05) is 0 Å². The smallest absolute Gasteiger partial charge is 0.255 e. The second kappa shape index (κ2) is 9.00. The van der Waals surface area contributed by atoms with Crippen molar-refractivity contribution in [1.82, 2.24) is 25.3 Å². The van der Waals surface area contributed by atoms with E-state index in [1.54, 1.807) is 25.4 Å². The summed E-state index contributed by atoms with van der Waals surface area (Å²) >= 11 is 0. The zero-order valence-electron chi connectivity index (χ0n) is 16.4. The number of nitrogens with two attached hydrogens (primary N) is 1. The second-order valence-electron chi connectivity index (χ2n) is 8.00. The van der Waals surface area contributed by atoms with E-state index in [9.17, 15) is 9.59 Å². The monoisotopic (exact) mass is 418 g/mol. The number of hydrogen-bond donors (Lipinski definition) is 3. The number of nitrogens with zero attached hydrogens (tertiary/aromatic N) is 3. The fourth-order valence-corrected chi connectivity index (χ4v) is 4.77. The topological polar surface area (TPSA) is 127 Å². The number of hydrogen-bond acceptors (Lipinski definition) is 6. The molecular formula is C20H27ClN6O2. The molecular weight excluding hydrogens is 392 g/mol. The molecule has 2 atom stereocenters. The van der Waals surface area contributed by atoms with E-state index < -0.39 is 0 Å². The lowest BCUT2D eigenvalue weighted by Gasteiger charge is -2.45. The van der Waals surface area contributed by atoms with Crippen LogP contribution in [0.1, 0.15) is 43.4 Å². The van der Waals surface area contributed by atoms with Crippen LogP contribution in [0.2, 0.25) is 0 Å². The van der Waals surface area contributed by atoms with Crippen LogP contribution in [0.5, 0.6) is 0 Å². The minimum atomic E-state index is -0.323. The van der Waals surface area contributed by atoms with Crippen molar-refractivity contribution in [3.8, 4) is 11.6 Å². The van der Waals surface area contributed by atoms with Crippen LogP contribution in [0.25, 0.3) is 11.6 Å². The Morgan fingerprint density at radius 1 is 1.24 bits per heavy atom. The summed E-state index contributed by atoms with van der Waals surface area (Å²) in [6, 6.07) is 2.11. The van der Waals surface area contributed by atoms with Crippen LogP contribution in [-0.4, -0.2) is 37.9 Å². The quantitative estimate of drug-likeness (QED) is 0.690. The molecule has 0 saturated heterocycles. The van der Waals surface area contributed by atoms with Gasteiger partial charge in [-0.3, -0.25) is 9.59 Å². The number of aromatic amines is 1. The van der Waals surface area contributed by atoms with E-state index in [1.165, 1.54) is 6.42 Å². The Labute approximate surface area is 175 Å². The predicted octanol–water partition coefficient (Wildman–Crippen LogP) is 1.52. The average molecular weight is 419 g/mol. The summed E-state index contributed by atoms with van der Waals surface area (Å²) in [5.41, 5.74) is 6.75. The van der Waals surface area contributed by atoms with E-state index >= 15 is 0 Å². The van der Waals surface area contributed by atoms with Crippen LogP contribution < -0.4 is 16.6 Å². The van der Waals surface area contributed by atoms with Gasteiger partial charge in [-0.1, -0.05) is 6.42 Å². The van der Waals surface area contributed by atoms with Gasteiger partial charge in [0.25, 0.3) is 5.56 Å². The molecule has 2 aromatic rings. The lowest BCUT2D eigenvalue weighted by atomic mass is 9.67. The number of amides is 1. The van der Waals surface area contributed by atoms with Crippen LogP contribution >= 0.6 is 12.4 Å². The first-order valence-corrected chi connectivity index (χ1v) is 9.93. The number of carbonyl (C=O) groups excluding carboxylic acids is 1. The van der Waals surface area contributed by atoms with E-state index in [0.29, 0.717) is 34.7 Å². The molecule has 2 aliphatic carbocycles. The summed E-state index contributed by atoms with van der Waals surface area (Å²) in [5, 5.41) is 3.19. The van der Waals surface area contributed by atoms with Crippen LogP contribution in [0, 0.1) is 18.8 Å². The highest BCUT2D eigenvalue weighted by Gasteiger charge is 2.39. The van der Waals surface area contributed by atoms with E-state index in [2.05, 4.69) is 25.3 Å². The van der Waals surface area contributed by atoms with E-state index in [4.69, 9.17) is 5.73 Å². The van der Waals surface area contributed by atoms with Crippen molar-refractivity contribution >= 4 is 18.3 Å². The maximum atomic E-state index is 12.7. The first kappa shape index (κ1) is 21.4. The minimum absolute atomic E-state index is 0. The average Bonchev–Trinajstić information content (AvgIpc) is 2.66. The molecule has 2 aliphatic rings. The SMILES string of the molecule is Cc1nc(-c2ncccn2)[nH]c(=O)c1CC(=O)NC1C2CCCC1CC(N)C2.Cl. The summed E-state index contributed by atoms with van der Waals surface area (Å²) in [4.78, 5) is 40.6. The number of halogens is 1. The predicted molar refractivity (Wildman–Crippen MR) is 112 cm³/mol. The Bertz CT molecular complexity index is 905. The zero-order chi connectivity index (χ0) is 19.7. The van der Waals surface area contributed by atoms with Gasteiger partial charge < -0.3 is 16.0 Å². The Hall–Kier alpha value is -2.32. The van der Waals surface area contributed by atoms with Gasteiger partial charge in [0.05, 0.1) is 6.42 Å². The maximum absolute atomic E-state index is 12.7. The maximum Gasteiger partial charge on any atom is 0.255 e. The summed E-state index contributed by atoms with van der Waals surface area (Å²) in [6.45, 7) is 1.73. The third-order valence-corrected chi connectivity index (χ3v) is 6.04. The number of H-pyrrole nitrogens is 1. The van der Waals surface area contributed by atoms with Crippen molar-refractivity contribution in [3.63, 3.8) is 0 Å². The van der Waals surface area contributed by atoms with Gasteiger partial charge in [-0.2, -0.15) is 0 Å². The number of aromatic nitrogens is 4. The Morgan fingerprint density at radius 3 is 2.52 bits per heavy atom. The highest BCUT2D eigenvalue weighted by molar-refractivity contribution is 5.85. The molecule has 2 aromatic heterocycles. The third kappa shape index (κ3) is 4.64. The Balaban J connectivity index is 0.00000240.